The Morgan fingerprint density at radius 2 is 2.08 bits per heavy atom. The highest BCUT2D eigenvalue weighted by atomic mass is 16.3. The summed E-state index contributed by atoms with van der Waals surface area (Å²) in [6.07, 6.45) is 9.45. The second-order valence-electron chi connectivity index (χ2n) is 7.58. The van der Waals surface area contributed by atoms with Crippen LogP contribution < -0.4 is 0 Å². The molecule has 1 saturated heterocycles. The fraction of sp³-hybridized carbons (Fsp3) is 0.591. The maximum atomic E-state index is 9.79. The number of likely N-dealkylation sites (tertiary alicyclic amines) is 1. The number of aryl methyl sites for hydroxylation is 1. The summed E-state index contributed by atoms with van der Waals surface area (Å²) in [6, 6.07) is 7.60. The minimum absolute atomic E-state index is 0.330. The van der Waals surface area contributed by atoms with Crippen molar-refractivity contribution < 1.29 is 5.11 Å². The number of fused-ring (bicyclic) bond motifs is 1. The highest BCUT2D eigenvalue weighted by Crippen LogP contribution is 2.31. The zero-order valence-corrected chi connectivity index (χ0v) is 15.7. The number of hydrogen-bond donors (Lipinski definition) is 1. The molecule has 0 amide bonds. The van der Waals surface area contributed by atoms with Gasteiger partial charge in [0.15, 0.2) is 0 Å². The van der Waals surface area contributed by atoms with Crippen LogP contribution in [0.2, 0.25) is 0 Å². The smallest absolute Gasteiger partial charge is 0.116 e. The lowest BCUT2D eigenvalue weighted by atomic mass is 9.80. The molecule has 3 nitrogen and oxygen atoms in total. The molecular weight excluding hydrogens is 308 g/mol. The first-order chi connectivity index (χ1) is 12.2. The van der Waals surface area contributed by atoms with Crippen molar-refractivity contribution in [2.45, 2.75) is 52.4 Å². The summed E-state index contributed by atoms with van der Waals surface area (Å²) in [7, 11) is 0. The topological polar surface area (TPSA) is 36.4 Å². The summed E-state index contributed by atoms with van der Waals surface area (Å²) in [5.41, 5.74) is 2.30. The van der Waals surface area contributed by atoms with Crippen molar-refractivity contribution in [3.05, 3.63) is 36.0 Å². The molecule has 136 valence electrons. The van der Waals surface area contributed by atoms with E-state index in [1.165, 1.54) is 57.3 Å². The van der Waals surface area contributed by atoms with Gasteiger partial charge >= 0.3 is 0 Å². The molecule has 1 aromatic carbocycles. The maximum absolute atomic E-state index is 9.79. The number of phenolic OH excluding ortho intramolecular Hbond substituents is 1. The number of pyridine rings is 1. The van der Waals surface area contributed by atoms with E-state index < -0.39 is 0 Å². The van der Waals surface area contributed by atoms with Gasteiger partial charge in [0.2, 0.25) is 0 Å². The van der Waals surface area contributed by atoms with Gasteiger partial charge in [0.25, 0.3) is 0 Å². The van der Waals surface area contributed by atoms with Crippen LogP contribution in [0.1, 0.15) is 51.5 Å². The molecule has 1 aliphatic rings. The lowest BCUT2D eigenvalue weighted by Gasteiger charge is -2.38. The van der Waals surface area contributed by atoms with Crippen LogP contribution in [0.4, 0.5) is 0 Å². The normalized spacial score (nSPS) is 21.7. The molecule has 0 spiro atoms. The summed E-state index contributed by atoms with van der Waals surface area (Å²) in [6.45, 7) is 8.47. The van der Waals surface area contributed by atoms with Gasteiger partial charge in [-0.1, -0.05) is 20.3 Å². The molecule has 1 N–H and O–H groups in total. The van der Waals surface area contributed by atoms with Gasteiger partial charge in [-0.05, 0) is 86.9 Å². The fourth-order valence-corrected chi connectivity index (χ4v) is 4.48. The molecule has 2 heterocycles. The van der Waals surface area contributed by atoms with E-state index in [2.05, 4.69) is 29.8 Å². The Kier molecular flexibility index (Phi) is 6.30. The number of phenols is 1. The van der Waals surface area contributed by atoms with Crippen molar-refractivity contribution in [2.75, 3.05) is 19.6 Å². The van der Waals surface area contributed by atoms with Gasteiger partial charge in [0.1, 0.15) is 5.75 Å². The van der Waals surface area contributed by atoms with E-state index in [-0.39, 0.29) is 0 Å². The zero-order chi connectivity index (χ0) is 17.6. The van der Waals surface area contributed by atoms with Crippen LogP contribution in [-0.4, -0.2) is 34.6 Å². The highest BCUT2D eigenvalue weighted by molar-refractivity contribution is 5.83. The van der Waals surface area contributed by atoms with Gasteiger partial charge in [-0.2, -0.15) is 0 Å². The first-order valence-electron chi connectivity index (χ1n) is 10.00. The SMILES string of the molecule is CCCN1CC[C@@H](CCCc2ccnc3ccc(O)cc23)[C@@H](CC)C1. The average Bonchev–Trinajstić information content (AvgIpc) is 2.63. The van der Waals surface area contributed by atoms with Gasteiger partial charge in [-0.15, -0.1) is 0 Å². The Hall–Kier alpha value is -1.61. The van der Waals surface area contributed by atoms with Crippen LogP contribution in [0.15, 0.2) is 30.5 Å². The standard InChI is InChI=1S/C22H32N2O/c1-3-13-24-14-11-18(17(4-2)16-24)6-5-7-19-10-12-23-22-9-8-20(25)15-21(19)22/h8-10,12,15,17-18,25H,3-7,11,13-14,16H2,1-2H3/t17-,18+/m0/s1. The largest absolute Gasteiger partial charge is 0.508 e. The van der Waals surface area contributed by atoms with Gasteiger partial charge in [-0.25, -0.2) is 0 Å². The first-order valence-corrected chi connectivity index (χ1v) is 10.00. The number of aromatic hydroxyl groups is 1. The number of rotatable bonds is 7. The van der Waals surface area contributed by atoms with Crippen LogP contribution in [0.3, 0.4) is 0 Å². The molecular formula is C22H32N2O. The van der Waals surface area contributed by atoms with Crippen LogP contribution in [-0.2, 0) is 6.42 Å². The molecule has 25 heavy (non-hydrogen) atoms. The Labute approximate surface area is 152 Å². The van der Waals surface area contributed by atoms with E-state index in [4.69, 9.17) is 0 Å². The molecule has 1 fully saturated rings. The van der Waals surface area contributed by atoms with E-state index in [0.717, 1.165) is 29.2 Å². The fourth-order valence-electron chi connectivity index (χ4n) is 4.48. The van der Waals surface area contributed by atoms with Crippen molar-refractivity contribution in [3.63, 3.8) is 0 Å². The van der Waals surface area contributed by atoms with Gasteiger partial charge < -0.3 is 10.0 Å². The molecule has 0 aliphatic carbocycles. The summed E-state index contributed by atoms with van der Waals surface area (Å²) in [4.78, 5) is 7.07. The van der Waals surface area contributed by atoms with Crippen LogP contribution >= 0.6 is 0 Å². The Bertz CT molecular complexity index is 685. The highest BCUT2D eigenvalue weighted by Gasteiger charge is 2.27. The number of aromatic nitrogens is 1. The van der Waals surface area contributed by atoms with E-state index >= 15 is 0 Å². The van der Waals surface area contributed by atoms with Crippen LogP contribution in [0, 0.1) is 11.8 Å². The Balaban J connectivity index is 1.58. The van der Waals surface area contributed by atoms with Gasteiger partial charge in [0, 0.05) is 18.1 Å². The van der Waals surface area contributed by atoms with Gasteiger partial charge in [0.05, 0.1) is 5.52 Å². The average molecular weight is 341 g/mol. The Morgan fingerprint density at radius 1 is 1.20 bits per heavy atom. The van der Waals surface area contributed by atoms with Crippen molar-refractivity contribution in [2.24, 2.45) is 11.8 Å². The van der Waals surface area contributed by atoms with Crippen molar-refractivity contribution in [1.29, 1.82) is 0 Å². The van der Waals surface area contributed by atoms with E-state index in [0.29, 0.717) is 5.75 Å². The maximum Gasteiger partial charge on any atom is 0.116 e. The van der Waals surface area contributed by atoms with Crippen molar-refractivity contribution in [3.8, 4) is 5.75 Å². The second-order valence-corrected chi connectivity index (χ2v) is 7.58. The molecule has 3 rings (SSSR count). The first kappa shape index (κ1) is 18.2. The third kappa shape index (κ3) is 4.52. The predicted molar refractivity (Wildman–Crippen MR) is 105 cm³/mol. The van der Waals surface area contributed by atoms with E-state index in [1.54, 1.807) is 6.07 Å². The summed E-state index contributed by atoms with van der Waals surface area (Å²) >= 11 is 0. The van der Waals surface area contributed by atoms with E-state index in [9.17, 15) is 5.11 Å². The lowest BCUT2D eigenvalue weighted by molar-refractivity contribution is 0.109. The van der Waals surface area contributed by atoms with Crippen LogP contribution in [0.25, 0.3) is 10.9 Å². The Morgan fingerprint density at radius 3 is 2.88 bits per heavy atom. The third-order valence-corrected chi connectivity index (χ3v) is 5.88. The molecule has 2 aromatic rings. The summed E-state index contributed by atoms with van der Waals surface area (Å²) in [5, 5.41) is 10.9. The monoisotopic (exact) mass is 340 g/mol. The molecule has 2 atom stereocenters. The minimum Gasteiger partial charge on any atom is -0.508 e. The molecule has 0 saturated carbocycles. The molecule has 0 radical (unpaired) electrons. The minimum atomic E-state index is 0.330. The summed E-state index contributed by atoms with van der Waals surface area (Å²) < 4.78 is 0. The number of benzene rings is 1. The second kappa shape index (κ2) is 8.66. The molecule has 1 aromatic heterocycles. The van der Waals surface area contributed by atoms with Crippen molar-refractivity contribution >= 4 is 10.9 Å². The van der Waals surface area contributed by atoms with Crippen molar-refractivity contribution in [1.82, 2.24) is 9.88 Å². The van der Waals surface area contributed by atoms with E-state index in [1.807, 2.05) is 18.3 Å². The zero-order valence-electron chi connectivity index (χ0n) is 15.7. The number of hydrogen-bond acceptors (Lipinski definition) is 3. The molecule has 0 bridgehead atoms. The molecule has 1 aliphatic heterocycles. The predicted octanol–water partition coefficient (Wildman–Crippen LogP) is 5.02. The lowest BCUT2D eigenvalue weighted by Crippen LogP contribution is -2.40. The molecule has 3 heteroatoms. The van der Waals surface area contributed by atoms with Crippen LogP contribution in [0.5, 0.6) is 5.75 Å². The third-order valence-electron chi connectivity index (χ3n) is 5.88. The number of piperidine rings is 1. The summed E-state index contributed by atoms with van der Waals surface area (Å²) in [5.74, 6) is 2.06. The molecule has 0 unspecified atom stereocenters. The van der Waals surface area contributed by atoms with Gasteiger partial charge in [-0.3, -0.25) is 4.98 Å². The number of nitrogens with zero attached hydrogens (tertiary/aromatic N) is 2. The quantitative estimate of drug-likeness (QED) is 0.769.